The number of aryl methyl sites for hydroxylation is 2. The highest BCUT2D eigenvalue weighted by Gasteiger charge is 2.37. The van der Waals surface area contributed by atoms with Crippen LogP contribution in [0.25, 0.3) is 11.0 Å². The van der Waals surface area contributed by atoms with E-state index in [2.05, 4.69) is 58.0 Å². The number of carbonyl (C=O) groups is 2. The minimum Gasteiger partial charge on any atom is -0.481 e. The minimum absolute atomic E-state index is 0.111. The molecule has 230 valence electrons. The fraction of sp³-hybridized carbons (Fsp3) is 0.528. The predicted octanol–water partition coefficient (Wildman–Crippen LogP) is 6.90. The molecule has 7 heteroatoms. The number of rotatable bonds is 11. The lowest BCUT2D eigenvalue weighted by molar-refractivity contribution is -0.149. The molecule has 2 heterocycles. The molecule has 1 aromatic heterocycles. The van der Waals surface area contributed by atoms with Crippen molar-refractivity contribution in [3.8, 4) is 0 Å². The summed E-state index contributed by atoms with van der Waals surface area (Å²) in [6.45, 7) is 11.2. The van der Waals surface area contributed by atoms with E-state index in [0.717, 1.165) is 75.8 Å². The normalized spacial score (nSPS) is 20.5. The number of carboxylic acid groups (broad SMARTS) is 2. The van der Waals surface area contributed by atoms with Crippen LogP contribution in [0.5, 0.6) is 0 Å². The number of allylic oxidation sites excluding steroid dienone is 2. The molecule has 0 spiro atoms. The fourth-order valence-electron chi connectivity index (χ4n) is 6.73. The van der Waals surface area contributed by atoms with Crippen molar-refractivity contribution in [3.63, 3.8) is 0 Å². The highest BCUT2D eigenvalue weighted by molar-refractivity contribution is 5.80. The van der Waals surface area contributed by atoms with Crippen molar-refractivity contribution in [2.24, 2.45) is 17.3 Å². The first-order chi connectivity index (χ1) is 20.5. The Morgan fingerprint density at radius 1 is 0.860 bits per heavy atom. The van der Waals surface area contributed by atoms with Crippen LogP contribution in [0.15, 0.2) is 60.7 Å². The van der Waals surface area contributed by atoms with Gasteiger partial charge in [-0.1, -0.05) is 48.6 Å². The Morgan fingerprint density at radius 2 is 1.56 bits per heavy atom. The van der Waals surface area contributed by atoms with Crippen molar-refractivity contribution >= 4 is 23.0 Å². The van der Waals surface area contributed by atoms with Gasteiger partial charge in [-0.3, -0.25) is 9.59 Å². The highest BCUT2D eigenvalue weighted by Crippen LogP contribution is 2.37. The summed E-state index contributed by atoms with van der Waals surface area (Å²) >= 11 is 0. The Kier molecular flexibility index (Phi) is 9.12. The number of aliphatic carboxylic acids is 2. The number of hydrogen-bond donors (Lipinski definition) is 2. The molecule has 0 saturated carbocycles. The largest absolute Gasteiger partial charge is 0.481 e. The topological polar surface area (TPSA) is 95.7 Å². The van der Waals surface area contributed by atoms with Crippen molar-refractivity contribution in [1.82, 2.24) is 14.5 Å². The predicted molar refractivity (Wildman–Crippen MR) is 170 cm³/mol. The third-order valence-electron chi connectivity index (χ3n) is 10.2. The summed E-state index contributed by atoms with van der Waals surface area (Å²) < 4.78 is 2.41. The number of imidazole rings is 1. The molecular formula is C36H47N3O4. The zero-order chi connectivity index (χ0) is 30.8. The summed E-state index contributed by atoms with van der Waals surface area (Å²) in [6.07, 6.45) is 10.6. The minimum atomic E-state index is -0.906. The molecule has 43 heavy (non-hydrogen) atoms. The van der Waals surface area contributed by atoms with Crippen LogP contribution in [0, 0.1) is 17.3 Å². The van der Waals surface area contributed by atoms with Crippen LogP contribution in [0.4, 0.5) is 0 Å². The monoisotopic (exact) mass is 585 g/mol. The smallest absolute Gasteiger partial charge is 0.313 e. The molecule has 0 amide bonds. The molecular weight excluding hydrogens is 538 g/mol. The number of para-hydroxylation sites is 2. The van der Waals surface area contributed by atoms with Crippen LogP contribution >= 0.6 is 0 Å². The maximum atomic E-state index is 11.7. The van der Waals surface area contributed by atoms with Crippen molar-refractivity contribution in [2.75, 3.05) is 19.6 Å². The number of likely N-dealkylation sites (tertiary alicyclic amines) is 1. The fourth-order valence-corrected chi connectivity index (χ4v) is 6.73. The van der Waals surface area contributed by atoms with Crippen molar-refractivity contribution in [1.29, 1.82) is 0 Å². The molecule has 1 saturated heterocycles. The summed E-state index contributed by atoms with van der Waals surface area (Å²) in [4.78, 5) is 31.0. The van der Waals surface area contributed by atoms with Gasteiger partial charge >= 0.3 is 11.9 Å². The number of aromatic nitrogens is 2. The van der Waals surface area contributed by atoms with Gasteiger partial charge in [0, 0.05) is 12.5 Å². The van der Waals surface area contributed by atoms with E-state index in [4.69, 9.17) is 4.98 Å². The second kappa shape index (κ2) is 12.7. The molecule has 7 nitrogen and oxygen atoms in total. The van der Waals surface area contributed by atoms with E-state index < -0.39 is 22.8 Å². The highest BCUT2D eigenvalue weighted by atomic mass is 16.4. The summed E-state index contributed by atoms with van der Waals surface area (Å²) in [5.74, 6) is 0.726. The van der Waals surface area contributed by atoms with Crippen LogP contribution < -0.4 is 0 Å². The van der Waals surface area contributed by atoms with Crippen LogP contribution in [0.3, 0.4) is 0 Å². The summed E-state index contributed by atoms with van der Waals surface area (Å²) in [6, 6.07) is 16.4. The van der Waals surface area contributed by atoms with E-state index in [9.17, 15) is 19.8 Å². The molecule has 2 unspecified atom stereocenters. The van der Waals surface area contributed by atoms with E-state index >= 15 is 0 Å². The van der Waals surface area contributed by atoms with Gasteiger partial charge in [-0.2, -0.15) is 0 Å². The third-order valence-corrected chi connectivity index (χ3v) is 10.2. The van der Waals surface area contributed by atoms with Gasteiger partial charge in [0.2, 0.25) is 0 Å². The molecule has 1 aliphatic carbocycles. The van der Waals surface area contributed by atoms with E-state index in [0.29, 0.717) is 11.8 Å². The van der Waals surface area contributed by atoms with E-state index in [1.807, 2.05) is 26.0 Å². The number of benzene rings is 2. The van der Waals surface area contributed by atoms with Gasteiger partial charge < -0.3 is 19.7 Å². The molecule has 1 fully saturated rings. The molecule has 2 aliphatic rings. The van der Waals surface area contributed by atoms with Crippen LogP contribution in [-0.4, -0.2) is 56.2 Å². The molecule has 0 radical (unpaired) electrons. The number of nitrogens with zero attached hydrogens (tertiary/aromatic N) is 3. The molecule has 5 rings (SSSR count). The van der Waals surface area contributed by atoms with Crippen LogP contribution in [0.1, 0.15) is 82.7 Å². The van der Waals surface area contributed by atoms with Crippen LogP contribution in [0.2, 0.25) is 0 Å². The second-order valence-electron chi connectivity index (χ2n) is 13.7. The number of carboxylic acids is 2. The summed E-state index contributed by atoms with van der Waals surface area (Å²) in [7, 11) is 0. The Labute approximate surface area is 255 Å². The quantitative estimate of drug-likeness (QED) is 0.238. The molecule has 2 aromatic carbocycles. The van der Waals surface area contributed by atoms with E-state index in [1.54, 1.807) is 13.8 Å². The standard InChI is InChI=1S/C36H47N3O4/c1-35(2,33(40)41)28-13-9-25(10-14-28)17-21-38-22-19-27(20-23-38)32-37-30-7-5-6-8-31(30)39(32)24-18-26-11-15-29(16-12-26)36(3,4)34(42)43/h5-9,11-13,15-16,25,27-28H,10,14,17-24H2,1-4H3,(H,40,41)(H,42,43). The van der Waals surface area contributed by atoms with Crippen LogP contribution in [-0.2, 0) is 28.0 Å². The maximum Gasteiger partial charge on any atom is 0.313 e. The van der Waals surface area contributed by atoms with Crippen molar-refractivity contribution in [2.45, 2.75) is 84.1 Å². The first kappa shape index (κ1) is 31.0. The average Bonchev–Trinajstić information content (AvgIpc) is 3.38. The van der Waals surface area contributed by atoms with Gasteiger partial charge in [0.15, 0.2) is 0 Å². The summed E-state index contributed by atoms with van der Waals surface area (Å²) in [5.41, 5.74) is 2.62. The first-order valence-electron chi connectivity index (χ1n) is 15.9. The SMILES string of the molecule is CC(C)(C(=O)O)c1ccc(CCn2c(C3CCN(CCC4C=CC(C(C)(C)C(=O)O)CC4)CC3)nc3ccccc32)cc1. The van der Waals surface area contributed by atoms with Gasteiger partial charge in [-0.25, -0.2) is 4.98 Å². The number of hydrogen-bond acceptors (Lipinski definition) is 4. The van der Waals surface area contributed by atoms with Gasteiger partial charge in [-0.05, 0) is 121 Å². The van der Waals surface area contributed by atoms with Gasteiger partial charge in [0.1, 0.15) is 5.82 Å². The lowest BCUT2D eigenvalue weighted by Gasteiger charge is -2.34. The zero-order valence-electron chi connectivity index (χ0n) is 26.1. The maximum absolute atomic E-state index is 11.7. The molecule has 3 aromatic rings. The Balaban J connectivity index is 1.19. The summed E-state index contributed by atoms with van der Waals surface area (Å²) in [5, 5.41) is 19.1. The second-order valence-corrected chi connectivity index (χ2v) is 13.7. The first-order valence-corrected chi connectivity index (χ1v) is 15.9. The lowest BCUT2D eigenvalue weighted by Crippen LogP contribution is -2.36. The Bertz CT molecular complexity index is 1460. The number of piperidine rings is 1. The van der Waals surface area contributed by atoms with E-state index in [1.165, 1.54) is 16.9 Å². The Morgan fingerprint density at radius 3 is 2.19 bits per heavy atom. The molecule has 2 N–H and O–H groups in total. The molecule has 0 bridgehead atoms. The van der Waals surface area contributed by atoms with E-state index in [-0.39, 0.29) is 5.92 Å². The molecule has 2 atom stereocenters. The third kappa shape index (κ3) is 6.72. The van der Waals surface area contributed by atoms with Gasteiger partial charge in [-0.15, -0.1) is 0 Å². The average molecular weight is 586 g/mol. The van der Waals surface area contributed by atoms with Crippen molar-refractivity contribution < 1.29 is 19.8 Å². The Hall–Kier alpha value is -3.45. The lowest BCUT2D eigenvalue weighted by atomic mass is 9.72. The van der Waals surface area contributed by atoms with Gasteiger partial charge in [0.25, 0.3) is 0 Å². The molecule has 1 aliphatic heterocycles. The zero-order valence-corrected chi connectivity index (χ0v) is 26.1. The van der Waals surface area contributed by atoms with Crippen molar-refractivity contribution in [3.05, 3.63) is 77.6 Å². The van der Waals surface area contributed by atoms with Gasteiger partial charge in [0.05, 0.1) is 21.9 Å². The number of fused-ring (bicyclic) bond motifs is 1.